The summed E-state index contributed by atoms with van der Waals surface area (Å²) in [5.74, 6) is -0.117. The number of hydrogen-bond acceptors (Lipinski definition) is 5. The fourth-order valence-corrected chi connectivity index (χ4v) is 5.03. The summed E-state index contributed by atoms with van der Waals surface area (Å²) in [6.45, 7) is 4.83. The Morgan fingerprint density at radius 3 is 2.41 bits per heavy atom. The number of sulfonamides is 1. The largest absolute Gasteiger partial charge is 0.494 e. The number of hydrogen-bond donors (Lipinski definition) is 1. The Balaban J connectivity index is 1.48. The Morgan fingerprint density at radius 2 is 1.78 bits per heavy atom. The van der Waals surface area contributed by atoms with Crippen molar-refractivity contribution in [2.45, 2.75) is 37.6 Å². The molecule has 1 saturated heterocycles. The molecule has 1 N–H and O–H groups in total. The zero-order valence-corrected chi connectivity index (χ0v) is 19.1. The average molecular weight is 465 g/mol. The van der Waals surface area contributed by atoms with Crippen LogP contribution < -0.4 is 14.8 Å². The van der Waals surface area contributed by atoms with Crippen molar-refractivity contribution in [1.29, 1.82) is 0 Å². The van der Waals surface area contributed by atoms with Gasteiger partial charge in [-0.15, -0.1) is 0 Å². The molecule has 0 spiro atoms. The summed E-state index contributed by atoms with van der Waals surface area (Å²) < 4.78 is 51.6. The van der Waals surface area contributed by atoms with Gasteiger partial charge < -0.3 is 14.8 Å². The molecular weight excluding hydrogens is 435 g/mol. The molecule has 32 heavy (non-hydrogen) atoms. The van der Waals surface area contributed by atoms with Gasteiger partial charge >= 0.3 is 0 Å². The summed E-state index contributed by atoms with van der Waals surface area (Å²) in [4.78, 5) is 12.8. The van der Waals surface area contributed by atoms with Gasteiger partial charge in [-0.05, 0) is 63.1 Å². The third-order valence-electron chi connectivity index (χ3n) is 5.31. The zero-order valence-electron chi connectivity index (χ0n) is 18.3. The molecule has 9 heteroatoms. The summed E-state index contributed by atoms with van der Waals surface area (Å²) in [5, 5.41) is 2.87. The quantitative estimate of drug-likeness (QED) is 0.616. The van der Waals surface area contributed by atoms with Gasteiger partial charge in [0.15, 0.2) is 11.6 Å². The fraction of sp³-hybridized carbons (Fsp3) is 0.435. The van der Waals surface area contributed by atoms with E-state index in [1.165, 1.54) is 28.6 Å². The first-order valence-corrected chi connectivity index (χ1v) is 12.2. The first-order valence-electron chi connectivity index (χ1n) is 10.7. The Kier molecular flexibility index (Phi) is 8.09. The molecule has 2 aromatic rings. The van der Waals surface area contributed by atoms with Crippen molar-refractivity contribution in [2.24, 2.45) is 5.92 Å². The first-order chi connectivity index (χ1) is 15.3. The number of halogens is 1. The van der Waals surface area contributed by atoms with Crippen LogP contribution in [0.15, 0.2) is 53.4 Å². The van der Waals surface area contributed by atoms with Crippen LogP contribution in [-0.4, -0.2) is 51.0 Å². The molecule has 0 bridgehead atoms. The summed E-state index contributed by atoms with van der Waals surface area (Å²) >= 11 is 0. The number of ether oxygens (including phenoxy) is 2. The third-order valence-corrected chi connectivity index (χ3v) is 7.22. The van der Waals surface area contributed by atoms with Crippen LogP contribution in [0.1, 0.15) is 26.7 Å². The number of rotatable bonds is 9. The summed E-state index contributed by atoms with van der Waals surface area (Å²) in [6.07, 6.45) is 0.867. The predicted molar refractivity (Wildman–Crippen MR) is 119 cm³/mol. The number of carbonyl (C=O) groups is 1. The molecule has 2 aromatic carbocycles. The van der Waals surface area contributed by atoms with Crippen LogP contribution >= 0.6 is 0 Å². The van der Waals surface area contributed by atoms with Crippen molar-refractivity contribution >= 4 is 15.9 Å². The second kappa shape index (κ2) is 10.8. The lowest BCUT2D eigenvalue weighted by Crippen LogP contribution is -2.45. The Labute approximate surface area is 188 Å². The van der Waals surface area contributed by atoms with Gasteiger partial charge in [-0.2, -0.15) is 4.31 Å². The Hall–Kier alpha value is -2.65. The highest BCUT2D eigenvalue weighted by Crippen LogP contribution is 2.25. The molecule has 1 atom stereocenters. The van der Waals surface area contributed by atoms with Crippen molar-refractivity contribution < 1.29 is 27.1 Å². The summed E-state index contributed by atoms with van der Waals surface area (Å²) in [6, 6.07) is 12.1. The second-order valence-corrected chi connectivity index (χ2v) is 9.67. The molecule has 0 radical (unpaired) electrons. The van der Waals surface area contributed by atoms with Crippen LogP contribution in [-0.2, 0) is 14.8 Å². The lowest BCUT2D eigenvalue weighted by Gasteiger charge is -2.31. The van der Waals surface area contributed by atoms with Gasteiger partial charge in [-0.25, -0.2) is 12.8 Å². The smallest absolute Gasteiger partial charge is 0.243 e. The van der Waals surface area contributed by atoms with E-state index in [9.17, 15) is 17.6 Å². The van der Waals surface area contributed by atoms with Gasteiger partial charge in [0.1, 0.15) is 12.4 Å². The van der Waals surface area contributed by atoms with E-state index in [1.54, 1.807) is 31.2 Å². The van der Waals surface area contributed by atoms with E-state index in [4.69, 9.17) is 9.47 Å². The van der Waals surface area contributed by atoms with E-state index in [-0.39, 0.29) is 48.2 Å². The highest BCUT2D eigenvalue weighted by atomic mass is 32.2. The number of piperidine rings is 1. The number of para-hydroxylation sites is 1. The SMILES string of the molecule is CCOc1ccc(S(=O)(=O)N2CCC(C(=O)NC(C)COc3ccccc3F)CC2)cc1. The molecule has 1 unspecified atom stereocenters. The van der Waals surface area contributed by atoms with Gasteiger partial charge in [0.05, 0.1) is 17.5 Å². The Bertz CT molecular complexity index is 1010. The van der Waals surface area contributed by atoms with E-state index in [1.807, 2.05) is 6.92 Å². The van der Waals surface area contributed by atoms with Crippen LogP contribution in [0.5, 0.6) is 11.5 Å². The number of nitrogens with zero attached hydrogens (tertiary/aromatic N) is 1. The predicted octanol–water partition coefficient (Wildman–Crippen LogP) is 3.21. The van der Waals surface area contributed by atoms with Crippen LogP contribution in [0.3, 0.4) is 0 Å². The van der Waals surface area contributed by atoms with Crippen LogP contribution in [0, 0.1) is 11.7 Å². The number of benzene rings is 2. The zero-order chi connectivity index (χ0) is 23.1. The third kappa shape index (κ3) is 5.98. The van der Waals surface area contributed by atoms with Crippen molar-refractivity contribution in [3.8, 4) is 11.5 Å². The maximum atomic E-state index is 13.6. The number of amides is 1. The number of carbonyl (C=O) groups excluding carboxylic acids is 1. The Morgan fingerprint density at radius 1 is 1.12 bits per heavy atom. The highest BCUT2D eigenvalue weighted by Gasteiger charge is 2.32. The van der Waals surface area contributed by atoms with Gasteiger partial charge in [-0.1, -0.05) is 12.1 Å². The van der Waals surface area contributed by atoms with E-state index in [2.05, 4.69) is 5.32 Å². The minimum absolute atomic E-state index is 0.137. The molecule has 7 nitrogen and oxygen atoms in total. The number of nitrogens with one attached hydrogen (secondary N) is 1. The minimum atomic E-state index is -3.62. The molecule has 0 aliphatic carbocycles. The fourth-order valence-electron chi connectivity index (χ4n) is 3.56. The van der Waals surface area contributed by atoms with Crippen molar-refractivity contribution in [3.05, 3.63) is 54.3 Å². The molecule has 3 rings (SSSR count). The van der Waals surface area contributed by atoms with Gasteiger partial charge in [-0.3, -0.25) is 4.79 Å². The molecule has 0 saturated carbocycles. The van der Waals surface area contributed by atoms with Crippen LogP contribution in [0.4, 0.5) is 4.39 Å². The summed E-state index contributed by atoms with van der Waals surface area (Å²) in [7, 11) is -3.62. The van der Waals surface area contributed by atoms with Gasteiger partial charge in [0.25, 0.3) is 0 Å². The normalized spacial score (nSPS) is 16.3. The van der Waals surface area contributed by atoms with Crippen LogP contribution in [0.2, 0.25) is 0 Å². The maximum Gasteiger partial charge on any atom is 0.243 e. The first kappa shape index (κ1) is 24.0. The van der Waals surface area contributed by atoms with Gasteiger partial charge in [0, 0.05) is 19.0 Å². The van der Waals surface area contributed by atoms with Crippen molar-refractivity contribution in [3.63, 3.8) is 0 Å². The molecule has 0 aromatic heterocycles. The lowest BCUT2D eigenvalue weighted by atomic mass is 9.97. The second-order valence-electron chi connectivity index (χ2n) is 7.73. The molecule has 1 fully saturated rings. The van der Waals surface area contributed by atoms with Crippen LogP contribution in [0.25, 0.3) is 0 Å². The lowest BCUT2D eigenvalue weighted by molar-refractivity contribution is -0.126. The summed E-state index contributed by atoms with van der Waals surface area (Å²) in [5.41, 5.74) is 0. The van der Waals surface area contributed by atoms with E-state index < -0.39 is 15.8 Å². The van der Waals surface area contributed by atoms with Crippen molar-refractivity contribution in [2.75, 3.05) is 26.3 Å². The molecule has 174 valence electrons. The monoisotopic (exact) mass is 464 g/mol. The topological polar surface area (TPSA) is 84.9 Å². The van der Waals surface area contributed by atoms with E-state index in [0.717, 1.165) is 0 Å². The van der Waals surface area contributed by atoms with E-state index >= 15 is 0 Å². The molecule has 1 amide bonds. The molecule has 1 aliphatic heterocycles. The molecule has 1 heterocycles. The molecular formula is C23H29FN2O5S. The molecule has 1 aliphatic rings. The maximum absolute atomic E-state index is 13.6. The highest BCUT2D eigenvalue weighted by molar-refractivity contribution is 7.89. The van der Waals surface area contributed by atoms with Gasteiger partial charge in [0.2, 0.25) is 15.9 Å². The minimum Gasteiger partial charge on any atom is -0.494 e. The average Bonchev–Trinajstić information content (AvgIpc) is 2.79. The standard InChI is InChI=1S/C23H29FN2O5S/c1-3-30-19-8-10-20(11-9-19)32(28,29)26-14-12-18(13-15-26)23(27)25-17(2)16-31-22-7-5-4-6-21(22)24/h4-11,17-18H,3,12-16H2,1-2H3,(H,25,27). The van der Waals surface area contributed by atoms with Crippen molar-refractivity contribution in [1.82, 2.24) is 9.62 Å². The van der Waals surface area contributed by atoms with E-state index in [0.29, 0.717) is 25.2 Å².